The van der Waals surface area contributed by atoms with Crippen molar-refractivity contribution in [2.75, 3.05) is 5.32 Å². The number of pyridine rings is 1. The van der Waals surface area contributed by atoms with Crippen LogP contribution in [0.15, 0.2) is 16.7 Å². The summed E-state index contributed by atoms with van der Waals surface area (Å²) in [5, 5.41) is 2.87. The van der Waals surface area contributed by atoms with Gasteiger partial charge < -0.3 is 5.32 Å². The fourth-order valence-corrected chi connectivity index (χ4v) is 1.81. The van der Waals surface area contributed by atoms with Gasteiger partial charge in [-0.15, -0.1) is 0 Å². The van der Waals surface area contributed by atoms with E-state index in [0.29, 0.717) is 6.42 Å². The molecule has 0 atom stereocenters. The summed E-state index contributed by atoms with van der Waals surface area (Å²) in [6.45, 7) is 4.01. The first-order chi connectivity index (χ1) is 7.63. The quantitative estimate of drug-likeness (QED) is 0.662. The SMILES string of the molecule is CCCCCC(=O)Nc1ccc(Br)nc1C. The summed E-state index contributed by atoms with van der Waals surface area (Å²) >= 11 is 3.29. The summed E-state index contributed by atoms with van der Waals surface area (Å²) in [5.74, 6) is 0.0701. The fraction of sp³-hybridized carbons (Fsp3) is 0.500. The van der Waals surface area contributed by atoms with E-state index in [2.05, 4.69) is 33.2 Å². The molecule has 0 spiro atoms. The van der Waals surface area contributed by atoms with Crippen molar-refractivity contribution in [3.63, 3.8) is 0 Å². The Kier molecular flexibility index (Phi) is 5.46. The second-order valence-electron chi connectivity index (χ2n) is 3.77. The van der Waals surface area contributed by atoms with Crippen molar-refractivity contribution < 1.29 is 4.79 Å². The molecule has 0 bridgehead atoms. The highest BCUT2D eigenvalue weighted by atomic mass is 79.9. The van der Waals surface area contributed by atoms with Gasteiger partial charge in [-0.1, -0.05) is 19.8 Å². The van der Waals surface area contributed by atoms with Crippen molar-refractivity contribution in [3.05, 3.63) is 22.4 Å². The van der Waals surface area contributed by atoms with Crippen LogP contribution >= 0.6 is 15.9 Å². The van der Waals surface area contributed by atoms with E-state index in [-0.39, 0.29) is 5.91 Å². The zero-order valence-corrected chi connectivity index (χ0v) is 11.3. The van der Waals surface area contributed by atoms with Gasteiger partial charge in [0.15, 0.2) is 0 Å². The maximum Gasteiger partial charge on any atom is 0.224 e. The van der Waals surface area contributed by atoms with Crippen LogP contribution in [0, 0.1) is 6.92 Å². The number of carbonyl (C=O) groups excluding carboxylic acids is 1. The molecule has 1 aromatic rings. The Labute approximate surface area is 105 Å². The number of carbonyl (C=O) groups is 1. The molecule has 0 aromatic carbocycles. The van der Waals surface area contributed by atoms with Crippen LogP contribution in [-0.2, 0) is 4.79 Å². The molecular formula is C12H17BrN2O. The average molecular weight is 285 g/mol. The molecule has 0 saturated heterocycles. The molecule has 1 amide bonds. The van der Waals surface area contributed by atoms with Gasteiger partial charge in [0, 0.05) is 6.42 Å². The van der Waals surface area contributed by atoms with Crippen LogP contribution in [0.4, 0.5) is 5.69 Å². The number of halogens is 1. The zero-order valence-electron chi connectivity index (χ0n) is 9.72. The maximum absolute atomic E-state index is 11.6. The smallest absolute Gasteiger partial charge is 0.224 e. The first-order valence-corrected chi connectivity index (χ1v) is 6.35. The summed E-state index contributed by atoms with van der Waals surface area (Å²) < 4.78 is 0.786. The molecule has 0 fully saturated rings. The lowest BCUT2D eigenvalue weighted by Crippen LogP contribution is -2.12. The largest absolute Gasteiger partial charge is 0.325 e. The molecule has 0 aliphatic carbocycles. The summed E-state index contributed by atoms with van der Waals surface area (Å²) in [7, 11) is 0. The Morgan fingerprint density at radius 2 is 2.19 bits per heavy atom. The van der Waals surface area contributed by atoms with Crippen molar-refractivity contribution in [1.82, 2.24) is 4.98 Å². The van der Waals surface area contributed by atoms with Gasteiger partial charge in [-0.2, -0.15) is 0 Å². The average Bonchev–Trinajstić information content (AvgIpc) is 2.23. The molecule has 88 valence electrons. The molecule has 0 saturated carbocycles. The Bertz CT molecular complexity index is 366. The third-order valence-corrected chi connectivity index (χ3v) is 2.77. The van der Waals surface area contributed by atoms with Crippen molar-refractivity contribution in [2.24, 2.45) is 0 Å². The minimum atomic E-state index is 0.0701. The van der Waals surface area contributed by atoms with Gasteiger partial charge in [0.25, 0.3) is 0 Å². The van der Waals surface area contributed by atoms with Crippen LogP contribution in [0.25, 0.3) is 0 Å². The molecule has 1 N–H and O–H groups in total. The van der Waals surface area contributed by atoms with Crippen molar-refractivity contribution >= 4 is 27.5 Å². The number of nitrogens with one attached hydrogen (secondary N) is 1. The summed E-state index contributed by atoms with van der Waals surface area (Å²) in [6, 6.07) is 3.69. The molecule has 0 aliphatic heterocycles. The molecule has 1 aromatic heterocycles. The van der Waals surface area contributed by atoms with Crippen LogP contribution in [-0.4, -0.2) is 10.9 Å². The summed E-state index contributed by atoms with van der Waals surface area (Å²) in [6.07, 6.45) is 3.77. The molecule has 1 rings (SSSR count). The third kappa shape index (κ3) is 4.31. The standard InChI is InChI=1S/C12H17BrN2O/c1-3-4-5-6-12(16)15-10-7-8-11(13)14-9(10)2/h7-8H,3-6H2,1-2H3,(H,15,16). The zero-order chi connectivity index (χ0) is 12.0. The Balaban J connectivity index is 2.49. The van der Waals surface area contributed by atoms with Crippen molar-refractivity contribution in [3.8, 4) is 0 Å². The minimum Gasteiger partial charge on any atom is -0.325 e. The number of unbranched alkanes of at least 4 members (excludes halogenated alkanes) is 2. The second-order valence-corrected chi connectivity index (χ2v) is 4.58. The van der Waals surface area contributed by atoms with E-state index >= 15 is 0 Å². The van der Waals surface area contributed by atoms with Crippen LogP contribution in [0.1, 0.15) is 38.3 Å². The number of aromatic nitrogens is 1. The van der Waals surface area contributed by atoms with E-state index in [1.165, 1.54) is 0 Å². The molecule has 0 radical (unpaired) electrons. The second kappa shape index (κ2) is 6.63. The van der Waals surface area contributed by atoms with E-state index in [4.69, 9.17) is 0 Å². The highest BCUT2D eigenvalue weighted by molar-refractivity contribution is 9.10. The van der Waals surface area contributed by atoms with Crippen molar-refractivity contribution in [2.45, 2.75) is 39.5 Å². The summed E-state index contributed by atoms with van der Waals surface area (Å²) in [4.78, 5) is 15.8. The highest BCUT2D eigenvalue weighted by Crippen LogP contribution is 2.16. The monoisotopic (exact) mass is 284 g/mol. The predicted molar refractivity (Wildman–Crippen MR) is 69.4 cm³/mol. The number of hydrogen-bond acceptors (Lipinski definition) is 2. The van der Waals surface area contributed by atoms with E-state index in [9.17, 15) is 4.79 Å². The molecular weight excluding hydrogens is 268 g/mol. The topological polar surface area (TPSA) is 42.0 Å². The highest BCUT2D eigenvalue weighted by Gasteiger charge is 2.05. The molecule has 0 unspecified atom stereocenters. The summed E-state index contributed by atoms with van der Waals surface area (Å²) in [5.41, 5.74) is 1.63. The Hall–Kier alpha value is -0.900. The third-order valence-electron chi connectivity index (χ3n) is 2.33. The maximum atomic E-state index is 11.6. The van der Waals surface area contributed by atoms with Gasteiger partial charge in [-0.05, 0) is 41.4 Å². The van der Waals surface area contributed by atoms with Gasteiger partial charge in [-0.3, -0.25) is 4.79 Å². The molecule has 0 aliphatic rings. The van der Waals surface area contributed by atoms with Gasteiger partial charge in [0.05, 0.1) is 11.4 Å². The number of nitrogens with zero attached hydrogens (tertiary/aromatic N) is 1. The van der Waals surface area contributed by atoms with Gasteiger partial charge in [-0.25, -0.2) is 4.98 Å². The van der Waals surface area contributed by atoms with E-state index in [1.54, 1.807) is 0 Å². The van der Waals surface area contributed by atoms with Crippen LogP contribution in [0.2, 0.25) is 0 Å². The van der Waals surface area contributed by atoms with E-state index in [0.717, 1.165) is 35.2 Å². The lowest BCUT2D eigenvalue weighted by atomic mass is 10.2. The van der Waals surface area contributed by atoms with Crippen LogP contribution < -0.4 is 5.32 Å². The normalized spacial score (nSPS) is 10.2. The van der Waals surface area contributed by atoms with Gasteiger partial charge in [0.2, 0.25) is 5.91 Å². The minimum absolute atomic E-state index is 0.0701. The van der Waals surface area contributed by atoms with E-state index in [1.807, 2.05) is 19.1 Å². The molecule has 3 nitrogen and oxygen atoms in total. The van der Waals surface area contributed by atoms with Gasteiger partial charge in [0.1, 0.15) is 4.60 Å². The van der Waals surface area contributed by atoms with Crippen molar-refractivity contribution in [1.29, 1.82) is 0 Å². The lowest BCUT2D eigenvalue weighted by Gasteiger charge is -2.07. The number of aryl methyl sites for hydroxylation is 1. The first kappa shape index (κ1) is 13.2. The van der Waals surface area contributed by atoms with Crippen LogP contribution in [0.5, 0.6) is 0 Å². The number of rotatable bonds is 5. The fourth-order valence-electron chi connectivity index (χ4n) is 1.41. The number of anilines is 1. The Morgan fingerprint density at radius 1 is 1.44 bits per heavy atom. The molecule has 4 heteroatoms. The molecule has 1 heterocycles. The number of amides is 1. The lowest BCUT2D eigenvalue weighted by molar-refractivity contribution is -0.116. The Morgan fingerprint density at radius 3 is 2.81 bits per heavy atom. The van der Waals surface area contributed by atoms with Gasteiger partial charge >= 0.3 is 0 Å². The first-order valence-electron chi connectivity index (χ1n) is 5.56. The van der Waals surface area contributed by atoms with E-state index < -0.39 is 0 Å². The number of hydrogen-bond donors (Lipinski definition) is 1. The predicted octanol–water partition coefficient (Wildman–Crippen LogP) is 3.67. The van der Waals surface area contributed by atoms with Crippen LogP contribution in [0.3, 0.4) is 0 Å². The molecule has 16 heavy (non-hydrogen) atoms.